The van der Waals surface area contributed by atoms with Crippen LogP contribution in [0.2, 0.25) is 0 Å². The molecule has 1 N–H and O–H groups in total. The van der Waals surface area contributed by atoms with Gasteiger partial charge in [-0.15, -0.1) is 0 Å². The second-order valence-corrected chi connectivity index (χ2v) is 5.38. The number of halogens is 2. The van der Waals surface area contributed by atoms with Crippen LogP contribution >= 0.6 is 31.9 Å². The fourth-order valence-corrected chi connectivity index (χ4v) is 2.40. The lowest BCUT2D eigenvalue weighted by Gasteiger charge is -2.06. The lowest BCUT2D eigenvalue weighted by molar-refractivity contribution is 0.0953. The fourth-order valence-electron chi connectivity index (χ4n) is 1.39. The van der Waals surface area contributed by atoms with Crippen molar-refractivity contribution in [1.82, 2.24) is 5.32 Å². The fraction of sp³-hybridized carbons (Fsp3) is 0.417. The summed E-state index contributed by atoms with van der Waals surface area (Å²) in [7, 11) is 0. The predicted octanol–water partition coefficient (Wildman–Crippen LogP) is 3.66. The summed E-state index contributed by atoms with van der Waals surface area (Å²) in [6.45, 7) is 2.71. The van der Waals surface area contributed by atoms with E-state index in [0.717, 1.165) is 34.8 Å². The number of amides is 1. The summed E-state index contributed by atoms with van der Waals surface area (Å²) in [6.07, 6.45) is 2.09. The maximum absolute atomic E-state index is 11.8. The molecule has 0 spiro atoms. The maximum Gasteiger partial charge on any atom is 0.251 e. The summed E-state index contributed by atoms with van der Waals surface area (Å²) in [5.41, 5.74) is 1.80. The Labute approximate surface area is 113 Å². The van der Waals surface area contributed by atoms with E-state index in [1.54, 1.807) is 0 Å². The minimum absolute atomic E-state index is 0.000951. The third-order valence-corrected chi connectivity index (χ3v) is 3.17. The van der Waals surface area contributed by atoms with Crippen LogP contribution in [-0.2, 0) is 0 Å². The number of aryl methyl sites for hydroxylation is 1. The summed E-state index contributed by atoms with van der Waals surface area (Å²) < 4.78 is 0.943. The summed E-state index contributed by atoms with van der Waals surface area (Å²) in [5, 5.41) is 3.89. The molecule has 88 valence electrons. The normalized spacial score (nSPS) is 10.2. The molecule has 0 bridgehead atoms. The molecule has 0 saturated carbocycles. The molecule has 0 radical (unpaired) electrons. The van der Waals surface area contributed by atoms with Crippen molar-refractivity contribution in [2.45, 2.75) is 19.8 Å². The van der Waals surface area contributed by atoms with Crippen LogP contribution < -0.4 is 5.32 Å². The number of carbonyl (C=O) groups is 1. The summed E-state index contributed by atoms with van der Waals surface area (Å²) >= 11 is 6.75. The third-order valence-electron chi connectivity index (χ3n) is 2.15. The van der Waals surface area contributed by atoms with E-state index in [-0.39, 0.29) is 5.91 Å². The average Bonchev–Trinajstić information content (AvgIpc) is 2.22. The Morgan fingerprint density at radius 2 is 2.06 bits per heavy atom. The molecule has 0 aliphatic heterocycles. The van der Waals surface area contributed by atoms with Crippen LogP contribution in [-0.4, -0.2) is 17.8 Å². The number of rotatable bonds is 5. The van der Waals surface area contributed by atoms with E-state index in [1.807, 2.05) is 25.1 Å². The minimum Gasteiger partial charge on any atom is -0.352 e. The van der Waals surface area contributed by atoms with Crippen molar-refractivity contribution in [1.29, 1.82) is 0 Å². The highest BCUT2D eigenvalue weighted by molar-refractivity contribution is 9.10. The number of unbranched alkanes of at least 4 members (excludes halogenated alkanes) is 1. The van der Waals surface area contributed by atoms with Crippen molar-refractivity contribution in [2.24, 2.45) is 0 Å². The van der Waals surface area contributed by atoms with Crippen molar-refractivity contribution in [3.63, 3.8) is 0 Å². The zero-order valence-corrected chi connectivity index (χ0v) is 12.4. The number of alkyl halides is 1. The van der Waals surface area contributed by atoms with Crippen molar-refractivity contribution in [3.05, 3.63) is 33.8 Å². The predicted molar refractivity (Wildman–Crippen MR) is 74.2 cm³/mol. The second kappa shape index (κ2) is 7.07. The van der Waals surface area contributed by atoms with Gasteiger partial charge in [-0.1, -0.05) is 31.9 Å². The van der Waals surface area contributed by atoms with Gasteiger partial charge in [0.25, 0.3) is 5.91 Å². The van der Waals surface area contributed by atoms with Gasteiger partial charge < -0.3 is 5.32 Å². The van der Waals surface area contributed by atoms with E-state index in [0.29, 0.717) is 5.56 Å². The van der Waals surface area contributed by atoms with Gasteiger partial charge in [-0.2, -0.15) is 0 Å². The van der Waals surface area contributed by atoms with Gasteiger partial charge in [0.2, 0.25) is 0 Å². The number of carbonyl (C=O) groups excluding carboxylic acids is 1. The molecular formula is C12H15Br2NO. The van der Waals surface area contributed by atoms with Gasteiger partial charge in [0, 0.05) is 21.9 Å². The summed E-state index contributed by atoms with van der Waals surface area (Å²) in [5.74, 6) is -0.000951. The summed E-state index contributed by atoms with van der Waals surface area (Å²) in [4.78, 5) is 11.8. The number of hydrogen-bond donors (Lipinski definition) is 1. The Kier molecular flexibility index (Phi) is 6.06. The van der Waals surface area contributed by atoms with Gasteiger partial charge in [0.1, 0.15) is 0 Å². The molecule has 0 fully saturated rings. The molecule has 1 rings (SSSR count). The highest BCUT2D eigenvalue weighted by Gasteiger charge is 2.05. The third kappa shape index (κ3) is 4.66. The Morgan fingerprint density at radius 1 is 1.31 bits per heavy atom. The maximum atomic E-state index is 11.8. The molecule has 4 heteroatoms. The van der Waals surface area contributed by atoms with Gasteiger partial charge in [0.15, 0.2) is 0 Å². The number of hydrogen-bond acceptors (Lipinski definition) is 1. The Balaban J connectivity index is 2.52. The van der Waals surface area contributed by atoms with Crippen molar-refractivity contribution < 1.29 is 4.79 Å². The first-order valence-electron chi connectivity index (χ1n) is 5.25. The van der Waals surface area contributed by atoms with E-state index in [4.69, 9.17) is 0 Å². The second-order valence-electron chi connectivity index (χ2n) is 3.67. The molecule has 0 aliphatic rings. The van der Waals surface area contributed by atoms with E-state index in [2.05, 4.69) is 37.2 Å². The Bertz CT molecular complexity index is 346. The zero-order valence-electron chi connectivity index (χ0n) is 9.22. The van der Waals surface area contributed by atoms with Gasteiger partial charge >= 0.3 is 0 Å². The van der Waals surface area contributed by atoms with Crippen LogP contribution in [0.25, 0.3) is 0 Å². The van der Waals surface area contributed by atoms with E-state index < -0.39 is 0 Å². The van der Waals surface area contributed by atoms with Crippen LogP contribution in [0.3, 0.4) is 0 Å². The van der Waals surface area contributed by atoms with Gasteiger partial charge in [-0.25, -0.2) is 0 Å². The molecule has 0 aliphatic carbocycles. The molecule has 0 atom stereocenters. The lowest BCUT2D eigenvalue weighted by Crippen LogP contribution is -2.24. The largest absolute Gasteiger partial charge is 0.352 e. The smallest absolute Gasteiger partial charge is 0.251 e. The molecule has 0 aromatic heterocycles. The first kappa shape index (κ1) is 13.7. The highest BCUT2D eigenvalue weighted by Crippen LogP contribution is 2.15. The van der Waals surface area contributed by atoms with Gasteiger partial charge in [0.05, 0.1) is 0 Å². The molecular weight excluding hydrogens is 334 g/mol. The summed E-state index contributed by atoms with van der Waals surface area (Å²) in [6, 6.07) is 5.72. The first-order valence-corrected chi connectivity index (χ1v) is 7.16. The van der Waals surface area contributed by atoms with Crippen molar-refractivity contribution >= 4 is 37.8 Å². The van der Waals surface area contributed by atoms with Crippen LogP contribution in [0.1, 0.15) is 28.8 Å². The lowest BCUT2D eigenvalue weighted by atomic mass is 10.1. The number of nitrogens with one attached hydrogen (secondary N) is 1. The SMILES string of the molecule is Cc1cc(Br)cc(C(=O)NCCCCBr)c1. The van der Waals surface area contributed by atoms with Crippen LogP contribution in [0.15, 0.2) is 22.7 Å². The topological polar surface area (TPSA) is 29.1 Å². The van der Waals surface area contributed by atoms with E-state index >= 15 is 0 Å². The molecule has 16 heavy (non-hydrogen) atoms. The molecule has 1 aromatic carbocycles. The number of benzene rings is 1. The van der Waals surface area contributed by atoms with Gasteiger partial charge in [-0.3, -0.25) is 4.79 Å². The monoisotopic (exact) mass is 347 g/mol. The molecule has 0 saturated heterocycles. The molecule has 1 amide bonds. The zero-order chi connectivity index (χ0) is 12.0. The molecule has 0 heterocycles. The Hall–Kier alpha value is -0.350. The minimum atomic E-state index is -0.000951. The van der Waals surface area contributed by atoms with Crippen LogP contribution in [0, 0.1) is 6.92 Å². The highest BCUT2D eigenvalue weighted by atomic mass is 79.9. The Morgan fingerprint density at radius 3 is 2.69 bits per heavy atom. The van der Waals surface area contributed by atoms with E-state index in [9.17, 15) is 4.79 Å². The van der Waals surface area contributed by atoms with Crippen LogP contribution in [0.5, 0.6) is 0 Å². The van der Waals surface area contributed by atoms with Crippen molar-refractivity contribution in [3.8, 4) is 0 Å². The molecule has 1 aromatic rings. The first-order chi connectivity index (χ1) is 7.63. The molecule has 2 nitrogen and oxygen atoms in total. The molecule has 0 unspecified atom stereocenters. The van der Waals surface area contributed by atoms with E-state index in [1.165, 1.54) is 0 Å². The van der Waals surface area contributed by atoms with Crippen molar-refractivity contribution in [2.75, 3.05) is 11.9 Å². The standard InChI is InChI=1S/C12H15Br2NO/c1-9-6-10(8-11(14)7-9)12(16)15-5-3-2-4-13/h6-8H,2-5H2,1H3,(H,15,16). The van der Waals surface area contributed by atoms with Gasteiger partial charge in [-0.05, 0) is 43.5 Å². The quantitative estimate of drug-likeness (QED) is 0.638. The average molecular weight is 349 g/mol. The van der Waals surface area contributed by atoms with Crippen LogP contribution in [0.4, 0.5) is 0 Å².